The average Bonchev–Trinajstić information content (AvgIpc) is 3.29. The van der Waals surface area contributed by atoms with Crippen molar-refractivity contribution in [3.05, 3.63) is 144 Å². The first-order valence-corrected chi connectivity index (χ1v) is 25.9. The van der Waals surface area contributed by atoms with Crippen LogP contribution in [0.2, 0.25) is 0 Å². The summed E-state index contributed by atoms with van der Waals surface area (Å²) in [5, 5.41) is 0. The van der Waals surface area contributed by atoms with Crippen LogP contribution in [0.15, 0.2) is 121 Å². The number of hydrogen-bond acceptors (Lipinski definition) is 0. The highest BCUT2D eigenvalue weighted by Gasteiger charge is 2.16. The van der Waals surface area contributed by atoms with Crippen molar-refractivity contribution in [2.24, 2.45) is 53.3 Å². The second kappa shape index (κ2) is 48.3. The standard InChI is InChI=1S/C15H24.C14H22.C13H20.C12H18.4C2H6.CH4/c1-12(2)10-15(13(3)4)11-14-8-6-5-7-9-14;1-4-8-14(12(2)3)11-13-9-6-5-7-10-13;1-4-13(11(2)3)10-12-8-6-5-7-9-12;1-10(2)11(3)9-12-7-5-4-6-8-12;4*1-2;/h5-9,12-13,15H,10-11H2,1-4H3;5-7,9-10,12,14H,4,8,11H2,1-3H3;5-9,11,13H,4,10H2,1-3H3;4-8,10-11H,9H2,1-3H3;4*1-2H3;1H4/t15-;14-;13-;11-;;;;;/m1111...../s1. The third-order valence-electron chi connectivity index (χ3n) is 11.3. The molecule has 0 saturated carbocycles. The molecule has 0 nitrogen and oxygen atoms in total. The van der Waals surface area contributed by atoms with Gasteiger partial charge in [-0.05, 0) is 108 Å². The Hall–Kier alpha value is -3.12. The lowest BCUT2D eigenvalue weighted by molar-refractivity contribution is 0.315. The summed E-state index contributed by atoms with van der Waals surface area (Å²) in [5.74, 6) is 7.27. The molecule has 0 heteroatoms. The Balaban J connectivity index is -0.000000224. The monoisotopic (exact) mass is 869 g/mol. The summed E-state index contributed by atoms with van der Waals surface area (Å²) in [5.41, 5.74) is 5.90. The van der Waals surface area contributed by atoms with Crippen LogP contribution in [-0.4, -0.2) is 0 Å². The zero-order chi connectivity index (χ0) is 48.3. The van der Waals surface area contributed by atoms with E-state index in [9.17, 15) is 0 Å². The van der Waals surface area contributed by atoms with E-state index in [2.05, 4.69) is 211 Å². The predicted octanol–water partition coefficient (Wildman–Crippen LogP) is 21.0. The lowest BCUT2D eigenvalue weighted by Gasteiger charge is -2.22. The molecule has 0 amide bonds. The molecule has 0 aliphatic carbocycles. The fourth-order valence-electron chi connectivity index (χ4n) is 7.06. The van der Waals surface area contributed by atoms with Crippen LogP contribution < -0.4 is 0 Å². The molecule has 0 aliphatic rings. The molecule has 364 valence electrons. The zero-order valence-corrected chi connectivity index (χ0v) is 45.4. The third-order valence-corrected chi connectivity index (χ3v) is 11.3. The summed E-state index contributed by atoms with van der Waals surface area (Å²) in [4.78, 5) is 0. The minimum atomic E-state index is 0. The SMILES string of the molecule is C.CC.CC.CC.CC.CC(C)C[C@H](Cc1ccccc1)C(C)C.CC(C)[C@H](C)Cc1ccccc1.CCC[C@H](Cc1ccccc1)C(C)C.CC[C@H](Cc1ccccc1)C(C)C. The highest BCUT2D eigenvalue weighted by Crippen LogP contribution is 2.25. The molecule has 4 aromatic carbocycles. The van der Waals surface area contributed by atoms with Crippen molar-refractivity contribution in [3.63, 3.8) is 0 Å². The van der Waals surface area contributed by atoms with Gasteiger partial charge < -0.3 is 0 Å². The van der Waals surface area contributed by atoms with Gasteiger partial charge in [0.2, 0.25) is 0 Å². The highest BCUT2D eigenvalue weighted by molar-refractivity contribution is 5.17. The topological polar surface area (TPSA) is 0 Å². The van der Waals surface area contributed by atoms with Gasteiger partial charge in [-0.2, -0.15) is 0 Å². The van der Waals surface area contributed by atoms with E-state index in [4.69, 9.17) is 0 Å². The first-order chi connectivity index (χ1) is 29.8. The Labute approximate surface area is 399 Å². The van der Waals surface area contributed by atoms with Gasteiger partial charge in [0.05, 0.1) is 0 Å². The fraction of sp³-hybridized carbons (Fsp3) is 0.619. The van der Waals surface area contributed by atoms with Crippen molar-refractivity contribution in [1.29, 1.82) is 0 Å². The second-order valence-electron chi connectivity index (χ2n) is 17.8. The summed E-state index contributed by atoms with van der Waals surface area (Å²) < 4.78 is 0. The third kappa shape index (κ3) is 39.0. The Bertz CT molecular complexity index is 1370. The van der Waals surface area contributed by atoms with Crippen molar-refractivity contribution in [2.75, 3.05) is 0 Å². The molecule has 0 heterocycles. The molecule has 0 radical (unpaired) electrons. The number of hydrogen-bond donors (Lipinski definition) is 0. The largest absolute Gasteiger partial charge is 0.0776 e. The molecule has 0 aromatic heterocycles. The zero-order valence-electron chi connectivity index (χ0n) is 45.4. The fourth-order valence-corrected chi connectivity index (χ4v) is 7.06. The van der Waals surface area contributed by atoms with Crippen molar-refractivity contribution in [3.8, 4) is 0 Å². The van der Waals surface area contributed by atoms with Crippen LogP contribution in [-0.2, 0) is 25.7 Å². The summed E-state index contributed by atoms with van der Waals surface area (Å²) in [6.07, 6.45) is 10.2. The van der Waals surface area contributed by atoms with Gasteiger partial charge in [-0.3, -0.25) is 0 Å². The Kier molecular flexibility index (Phi) is 52.9. The van der Waals surface area contributed by atoms with Crippen LogP contribution in [0.1, 0.15) is 201 Å². The molecule has 63 heavy (non-hydrogen) atoms. The normalized spacial score (nSPS) is 11.8. The van der Waals surface area contributed by atoms with Gasteiger partial charge in [0.25, 0.3) is 0 Å². The van der Waals surface area contributed by atoms with Crippen LogP contribution in [0.3, 0.4) is 0 Å². The predicted molar refractivity (Wildman–Crippen MR) is 296 cm³/mol. The van der Waals surface area contributed by atoms with E-state index in [0.29, 0.717) is 0 Å². The molecular formula is C63H112. The van der Waals surface area contributed by atoms with Crippen LogP contribution in [0.25, 0.3) is 0 Å². The highest BCUT2D eigenvalue weighted by atomic mass is 14.2. The molecular weight excluding hydrogens is 757 g/mol. The van der Waals surface area contributed by atoms with Gasteiger partial charge in [-0.15, -0.1) is 0 Å². The quantitative estimate of drug-likeness (QED) is 0.0992. The van der Waals surface area contributed by atoms with E-state index in [0.717, 1.165) is 53.3 Å². The molecule has 4 atom stereocenters. The van der Waals surface area contributed by atoms with Crippen LogP contribution in [0.4, 0.5) is 0 Å². The van der Waals surface area contributed by atoms with Crippen LogP contribution in [0, 0.1) is 53.3 Å². The van der Waals surface area contributed by atoms with Gasteiger partial charge in [-0.25, -0.2) is 0 Å². The van der Waals surface area contributed by atoms with E-state index in [1.165, 1.54) is 73.6 Å². The number of benzene rings is 4. The minimum absolute atomic E-state index is 0. The molecule has 0 N–H and O–H groups in total. The molecule has 0 saturated heterocycles. The summed E-state index contributed by atoms with van der Waals surface area (Å²) >= 11 is 0. The van der Waals surface area contributed by atoms with E-state index in [-0.39, 0.29) is 7.43 Å². The molecule has 0 unspecified atom stereocenters. The molecule has 0 bridgehead atoms. The lowest BCUT2D eigenvalue weighted by atomic mass is 9.83. The summed E-state index contributed by atoms with van der Waals surface area (Å²) in [7, 11) is 0. The van der Waals surface area contributed by atoms with E-state index in [1.54, 1.807) is 0 Å². The van der Waals surface area contributed by atoms with E-state index < -0.39 is 0 Å². The summed E-state index contributed by atoms with van der Waals surface area (Å²) in [6, 6.07) is 43.2. The van der Waals surface area contributed by atoms with Crippen molar-refractivity contribution in [2.45, 2.75) is 204 Å². The average molecular weight is 870 g/mol. The van der Waals surface area contributed by atoms with Crippen molar-refractivity contribution in [1.82, 2.24) is 0 Å². The molecule has 0 aliphatic heterocycles. The maximum absolute atomic E-state index is 2.34. The molecule has 4 aromatic rings. The van der Waals surface area contributed by atoms with Gasteiger partial charge in [0.15, 0.2) is 0 Å². The van der Waals surface area contributed by atoms with E-state index >= 15 is 0 Å². The van der Waals surface area contributed by atoms with Crippen molar-refractivity contribution >= 4 is 0 Å². The van der Waals surface area contributed by atoms with Crippen molar-refractivity contribution < 1.29 is 0 Å². The smallest absolute Gasteiger partial charge is 0.0248 e. The second-order valence-corrected chi connectivity index (χ2v) is 17.8. The van der Waals surface area contributed by atoms with Gasteiger partial charge >= 0.3 is 0 Å². The molecule has 0 spiro atoms. The Morgan fingerprint density at radius 1 is 0.333 bits per heavy atom. The van der Waals surface area contributed by atoms with Crippen LogP contribution >= 0.6 is 0 Å². The van der Waals surface area contributed by atoms with Gasteiger partial charge in [0, 0.05) is 0 Å². The summed E-state index contributed by atoms with van der Waals surface area (Å²) in [6.45, 7) is 46.1. The first kappa shape index (κ1) is 68.9. The Morgan fingerprint density at radius 3 is 0.841 bits per heavy atom. The lowest BCUT2D eigenvalue weighted by Crippen LogP contribution is -2.14. The minimum Gasteiger partial charge on any atom is -0.0776 e. The maximum Gasteiger partial charge on any atom is -0.0248 e. The number of rotatable bonds is 17. The van der Waals surface area contributed by atoms with Gasteiger partial charge in [-0.1, -0.05) is 293 Å². The van der Waals surface area contributed by atoms with E-state index in [1.807, 2.05) is 55.4 Å². The maximum atomic E-state index is 2.34. The molecule has 4 rings (SSSR count). The van der Waals surface area contributed by atoms with Gasteiger partial charge in [0.1, 0.15) is 0 Å². The molecule has 0 fully saturated rings. The Morgan fingerprint density at radius 2 is 0.603 bits per heavy atom. The first-order valence-electron chi connectivity index (χ1n) is 25.9. The van der Waals surface area contributed by atoms with Crippen LogP contribution in [0.5, 0.6) is 0 Å².